The van der Waals surface area contributed by atoms with E-state index in [-0.39, 0.29) is 0 Å². The van der Waals surface area contributed by atoms with Crippen LogP contribution in [0.1, 0.15) is 13.3 Å². The van der Waals surface area contributed by atoms with E-state index in [4.69, 9.17) is 12.2 Å². The Bertz CT molecular complexity index is 616. The molecule has 1 fully saturated rings. The average molecular weight is 274 g/mol. The van der Waals surface area contributed by atoms with Crippen LogP contribution in [0.15, 0.2) is 30.3 Å². The number of aromatic nitrogens is 3. The predicted molar refractivity (Wildman–Crippen MR) is 79.3 cm³/mol. The summed E-state index contributed by atoms with van der Waals surface area (Å²) in [6, 6.07) is 10.1. The van der Waals surface area contributed by atoms with Gasteiger partial charge in [0.15, 0.2) is 0 Å². The Kier molecular flexibility index (Phi) is 3.14. The lowest BCUT2D eigenvalue weighted by molar-refractivity contribution is 0.706. The molecule has 4 nitrogen and oxygen atoms in total. The van der Waals surface area contributed by atoms with Gasteiger partial charge >= 0.3 is 0 Å². The fourth-order valence-corrected chi connectivity index (χ4v) is 2.67. The van der Waals surface area contributed by atoms with Crippen molar-refractivity contribution in [2.24, 2.45) is 11.8 Å². The minimum atomic E-state index is 0.636. The smallest absolute Gasteiger partial charge is 0.230 e. The molecule has 1 aliphatic rings. The molecule has 1 saturated carbocycles. The van der Waals surface area contributed by atoms with Gasteiger partial charge in [0.1, 0.15) is 0 Å². The van der Waals surface area contributed by atoms with Crippen molar-refractivity contribution in [2.75, 3.05) is 18.5 Å². The van der Waals surface area contributed by atoms with Gasteiger partial charge in [0.05, 0.1) is 5.69 Å². The molecule has 0 aliphatic heterocycles. The van der Waals surface area contributed by atoms with E-state index in [1.54, 1.807) is 0 Å². The Hall–Kier alpha value is -1.62. The number of para-hydroxylation sites is 1. The van der Waals surface area contributed by atoms with Gasteiger partial charge in [0.25, 0.3) is 0 Å². The van der Waals surface area contributed by atoms with Gasteiger partial charge in [0.2, 0.25) is 10.7 Å². The van der Waals surface area contributed by atoms with Crippen LogP contribution in [0, 0.1) is 16.6 Å². The Balaban J connectivity index is 1.92. The zero-order valence-electron chi connectivity index (χ0n) is 11.2. The van der Waals surface area contributed by atoms with Crippen LogP contribution in [-0.4, -0.2) is 28.4 Å². The Morgan fingerprint density at radius 3 is 2.74 bits per heavy atom. The summed E-state index contributed by atoms with van der Waals surface area (Å²) >= 11 is 5.34. The van der Waals surface area contributed by atoms with Gasteiger partial charge in [-0.2, -0.15) is 0 Å². The van der Waals surface area contributed by atoms with Crippen LogP contribution in [0.25, 0.3) is 5.69 Å². The van der Waals surface area contributed by atoms with Gasteiger partial charge in [-0.25, -0.2) is 5.10 Å². The van der Waals surface area contributed by atoms with E-state index in [0.29, 0.717) is 4.77 Å². The van der Waals surface area contributed by atoms with Crippen LogP contribution in [-0.2, 0) is 0 Å². The second-order valence-corrected chi connectivity index (χ2v) is 5.74. The lowest BCUT2D eigenvalue weighted by Gasteiger charge is -2.18. The molecule has 2 unspecified atom stereocenters. The summed E-state index contributed by atoms with van der Waals surface area (Å²) in [4.78, 5) is 2.19. The van der Waals surface area contributed by atoms with E-state index < -0.39 is 0 Å². The number of nitrogens with one attached hydrogen (secondary N) is 1. The first-order valence-corrected chi connectivity index (χ1v) is 7.01. The number of rotatable bonds is 4. The summed E-state index contributed by atoms with van der Waals surface area (Å²) in [6.07, 6.45) is 1.32. The molecule has 1 aromatic carbocycles. The standard InChI is InChI=1S/C14H18N4S/c1-10-8-11(10)9-17(2)13-15-16-14(19)18(13)12-6-4-3-5-7-12/h3-7,10-11H,8-9H2,1-2H3,(H,16,19). The number of hydrogen-bond acceptors (Lipinski definition) is 3. The van der Waals surface area contributed by atoms with E-state index in [9.17, 15) is 0 Å². The summed E-state index contributed by atoms with van der Waals surface area (Å²) in [5.41, 5.74) is 1.05. The molecule has 0 bridgehead atoms. The minimum Gasteiger partial charge on any atom is -0.343 e. The largest absolute Gasteiger partial charge is 0.343 e. The maximum absolute atomic E-state index is 5.34. The van der Waals surface area contributed by atoms with Crippen molar-refractivity contribution in [3.8, 4) is 5.69 Å². The quantitative estimate of drug-likeness (QED) is 0.871. The first-order valence-electron chi connectivity index (χ1n) is 6.61. The number of H-pyrrole nitrogens is 1. The number of hydrogen-bond donors (Lipinski definition) is 1. The highest BCUT2D eigenvalue weighted by atomic mass is 32.1. The first-order chi connectivity index (χ1) is 9.16. The summed E-state index contributed by atoms with van der Waals surface area (Å²) in [5.74, 6) is 2.52. The lowest BCUT2D eigenvalue weighted by atomic mass is 10.3. The Labute approximate surface area is 118 Å². The molecule has 19 heavy (non-hydrogen) atoms. The topological polar surface area (TPSA) is 36.9 Å². The third-order valence-corrected chi connectivity index (χ3v) is 4.07. The molecule has 1 aliphatic carbocycles. The van der Waals surface area contributed by atoms with Gasteiger partial charge in [0, 0.05) is 13.6 Å². The highest BCUT2D eigenvalue weighted by molar-refractivity contribution is 7.71. The number of benzene rings is 1. The highest BCUT2D eigenvalue weighted by Crippen LogP contribution is 2.38. The zero-order chi connectivity index (χ0) is 13.4. The summed E-state index contributed by atoms with van der Waals surface area (Å²) < 4.78 is 2.62. The number of anilines is 1. The van der Waals surface area contributed by atoms with E-state index in [0.717, 1.165) is 30.0 Å². The van der Waals surface area contributed by atoms with Crippen LogP contribution >= 0.6 is 12.2 Å². The SMILES string of the molecule is CC1CC1CN(C)c1n[nH]c(=S)n1-c1ccccc1. The number of nitrogens with zero attached hydrogens (tertiary/aromatic N) is 3. The molecular weight excluding hydrogens is 256 g/mol. The molecule has 2 atom stereocenters. The van der Waals surface area contributed by atoms with Crippen molar-refractivity contribution in [3.63, 3.8) is 0 Å². The van der Waals surface area contributed by atoms with Crippen molar-refractivity contribution in [1.82, 2.24) is 14.8 Å². The molecular formula is C14H18N4S. The third kappa shape index (κ3) is 2.42. The van der Waals surface area contributed by atoms with Crippen molar-refractivity contribution in [3.05, 3.63) is 35.1 Å². The maximum atomic E-state index is 5.34. The van der Waals surface area contributed by atoms with Gasteiger partial charge in [-0.15, -0.1) is 5.10 Å². The normalized spacial score (nSPS) is 21.4. The van der Waals surface area contributed by atoms with E-state index in [2.05, 4.69) is 29.1 Å². The summed E-state index contributed by atoms with van der Waals surface area (Å²) in [5, 5.41) is 7.27. The number of aromatic amines is 1. The van der Waals surface area contributed by atoms with Crippen LogP contribution in [0.3, 0.4) is 0 Å². The van der Waals surface area contributed by atoms with Crippen LogP contribution < -0.4 is 4.90 Å². The van der Waals surface area contributed by atoms with Gasteiger partial charge in [-0.3, -0.25) is 4.57 Å². The Morgan fingerprint density at radius 1 is 1.42 bits per heavy atom. The minimum absolute atomic E-state index is 0.636. The average Bonchev–Trinajstić information content (AvgIpc) is 2.96. The highest BCUT2D eigenvalue weighted by Gasteiger charge is 2.34. The van der Waals surface area contributed by atoms with E-state index >= 15 is 0 Å². The van der Waals surface area contributed by atoms with Crippen LogP contribution in [0.4, 0.5) is 5.95 Å². The third-order valence-electron chi connectivity index (χ3n) is 3.79. The molecule has 100 valence electrons. The lowest BCUT2D eigenvalue weighted by Crippen LogP contribution is -2.24. The molecule has 0 amide bonds. The van der Waals surface area contributed by atoms with E-state index in [1.165, 1.54) is 6.42 Å². The molecule has 1 aromatic heterocycles. The second-order valence-electron chi connectivity index (χ2n) is 5.35. The molecule has 2 aromatic rings. The van der Waals surface area contributed by atoms with Crippen molar-refractivity contribution in [2.45, 2.75) is 13.3 Å². The summed E-state index contributed by atoms with van der Waals surface area (Å²) in [7, 11) is 2.08. The molecule has 0 spiro atoms. The predicted octanol–water partition coefficient (Wildman–Crippen LogP) is 3.02. The fraction of sp³-hybridized carbons (Fsp3) is 0.429. The van der Waals surface area contributed by atoms with Crippen LogP contribution in [0.2, 0.25) is 0 Å². The molecule has 5 heteroatoms. The summed E-state index contributed by atoms with van der Waals surface area (Å²) in [6.45, 7) is 3.33. The molecule has 3 rings (SSSR count). The fourth-order valence-electron chi connectivity index (χ4n) is 2.44. The monoisotopic (exact) mass is 274 g/mol. The first kappa shape index (κ1) is 12.4. The van der Waals surface area contributed by atoms with Crippen LogP contribution in [0.5, 0.6) is 0 Å². The molecule has 1 heterocycles. The van der Waals surface area contributed by atoms with Crippen molar-refractivity contribution < 1.29 is 0 Å². The van der Waals surface area contributed by atoms with Gasteiger partial charge in [-0.1, -0.05) is 25.1 Å². The molecule has 0 radical (unpaired) electrons. The maximum Gasteiger partial charge on any atom is 0.230 e. The van der Waals surface area contributed by atoms with Crippen molar-refractivity contribution >= 4 is 18.2 Å². The molecule has 1 N–H and O–H groups in total. The van der Waals surface area contributed by atoms with Gasteiger partial charge in [-0.05, 0) is 42.6 Å². The van der Waals surface area contributed by atoms with E-state index in [1.807, 2.05) is 34.9 Å². The zero-order valence-corrected chi connectivity index (χ0v) is 12.0. The molecule has 0 saturated heterocycles. The van der Waals surface area contributed by atoms with Crippen molar-refractivity contribution in [1.29, 1.82) is 0 Å². The van der Waals surface area contributed by atoms with Gasteiger partial charge < -0.3 is 4.90 Å². The Morgan fingerprint density at radius 2 is 2.11 bits per heavy atom. The second kappa shape index (κ2) is 4.81.